The fraction of sp³-hybridized carbons (Fsp3) is 0.125. The molecule has 1 heterocycles. The van der Waals surface area contributed by atoms with Crippen LogP contribution in [-0.2, 0) is 0 Å². The van der Waals surface area contributed by atoms with Gasteiger partial charge in [-0.2, -0.15) is 0 Å². The molecule has 3 aromatic rings. The second-order valence-corrected chi connectivity index (χ2v) is 7.37. The molecule has 0 bridgehead atoms. The Bertz CT molecular complexity index is 770. The maximum Gasteiger partial charge on any atom is 0.251 e. The summed E-state index contributed by atoms with van der Waals surface area (Å²) in [7, 11) is 0. The van der Waals surface area contributed by atoms with Crippen molar-refractivity contribution >= 4 is 50.8 Å². The van der Waals surface area contributed by atoms with E-state index in [0.717, 1.165) is 15.6 Å². The minimum atomic E-state index is -0.104. The molecule has 0 fully saturated rings. The predicted octanol–water partition coefficient (Wildman–Crippen LogP) is 4.47. The van der Waals surface area contributed by atoms with Crippen molar-refractivity contribution in [2.45, 2.75) is 4.34 Å². The summed E-state index contributed by atoms with van der Waals surface area (Å²) in [5.41, 5.74) is 1.61. The first-order chi connectivity index (χ1) is 10.7. The van der Waals surface area contributed by atoms with Crippen molar-refractivity contribution < 1.29 is 4.79 Å². The molecule has 2 aromatic carbocycles. The molecule has 0 saturated carbocycles. The largest absolute Gasteiger partial charge is 0.351 e. The van der Waals surface area contributed by atoms with Gasteiger partial charge in [0.1, 0.15) is 0 Å². The Morgan fingerprint density at radius 3 is 2.91 bits per heavy atom. The molecule has 1 aromatic heterocycles. The number of thioether (sulfide) groups is 1. The molecule has 112 valence electrons. The second-order valence-electron chi connectivity index (χ2n) is 4.56. The number of benzene rings is 2. The van der Waals surface area contributed by atoms with Gasteiger partial charge < -0.3 is 5.32 Å². The summed E-state index contributed by atoms with van der Waals surface area (Å²) in [5, 5.41) is 3.45. The van der Waals surface area contributed by atoms with Crippen LogP contribution in [-0.4, -0.2) is 23.2 Å². The van der Waals surface area contributed by atoms with E-state index in [9.17, 15) is 4.79 Å². The molecule has 0 aliphatic carbocycles. The van der Waals surface area contributed by atoms with Crippen LogP contribution in [0.2, 0.25) is 5.02 Å². The van der Waals surface area contributed by atoms with Crippen molar-refractivity contribution in [2.24, 2.45) is 0 Å². The molecular weight excluding hydrogens is 336 g/mol. The molecular formula is C16H13ClN2OS2. The number of aromatic nitrogens is 1. The number of hydrogen-bond donors (Lipinski definition) is 1. The molecule has 3 rings (SSSR count). The Labute approximate surface area is 141 Å². The van der Waals surface area contributed by atoms with Crippen molar-refractivity contribution in [2.75, 3.05) is 12.3 Å². The number of amides is 1. The third-order valence-electron chi connectivity index (χ3n) is 2.97. The van der Waals surface area contributed by atoms with E-state index in [1.54, 1.807) is 47.4 Å². The van der Waals surface area contributed by atoms with Gasteiger partial charge in [-0.05, 0) is 30.3 Å². The zero-order valence-corrected chi connectivity index (χ0v) is 14.0. The van der Waals surface area contributed by atoms with Gasteiger partial charge in [-0.3, -0.25) is 4.79 Å². The highest BCUT2D eigenvalue weighted by atomic mass is 35.5. The van der Waals surface area contributed by atoms with Crippen LogP contribution in [0.5, 0.6) is 0 Å². The van der Waals surface area contributed by atoms with E-state index in [4.69, 9.17) is 11.6 Å². The van der Waals surface area contributed by atoms with Crippen molar-refractivity contribution in [3.8, 4) is 0 Å². The summed E-state index contributed by atoms with van der Waals surface area (Å²) < 4.78 is 2.21. The van der Waals surface area contributed by atoms with Gasteiger partial charge in [-0.25, -0.2) is 4.98 Å². The van der Waals surface area contributed by atoms with E-state index in [1.165, 1.54) is 4.70 Å². The van der Waals surface area contributed by atoms with Crippen LogP contribution in [0.15, 0.2) is 52.9 Å². The Hall–Kier alpha value is -1.56. The smallest absolute Gasteiger partial charge is 0.251 e. The molecule has 0 radical (unpaired) electrons. The molecule has 0 aliphatic rings. The van der Waals surface area contributed by atoms with Gasteiger partial charge in [0.25, 0.3) is 5.91 Å². The molecule has 1 amide bonds. The Morgan fingerprint density at radius 2 is 2.09 bits per heavy atom. The molecule has 0 atom stereocenters. The summed E-state index contributed by atoms with van der Waals surface area (Å²) in [6, 6.07) is 15.0. The molecule has 6 heteroatoms. The topological polar surface area (TPSA) is 42.0 Å². The van der Waals surface area contributed by atoms with E-state index >= 15 is 0 Å². The summed E-state index contributed by atoms with van der Waals surface area (Å²) in [6.07, 6.45) is 0. The van der Waals surface area contributed by atoms with Crippen LogP contribution in [0.1, 0.15) is 10.4 Å². The lowest BCUT2D eigenvalue weighted by Crippen LogP contribution is -2.25. The average Bonchev–Trinajstić information content (AvgIpc) is 2.94. The van der Waals surface area contributed by atoms with Crippen LogP contribution in [0, 0.1) is 0 Å². The van der Waals surface area contributed by atoms with E-state index in [1.807, 2.05) is 18.2 Å². The standard InChI is InChI=1S/C16H13ClN2OS2/c17-12-5-3-4-11(10-12)15(20)18-8-9-21-16-19-13-6-1-2-7-14(13)22-16/h1-7,10H,8-9H2,(H,18,20). The van der Waals surface area contributed by atoms with E-state index < -0.39 is 0 Å². The van der Waals surface area contributed by atoms with Crippen molar-refractivity contribution in [1.82, 2.24) is 10.3 Å². The van der Waals surface area contributed by atoms with E-state index in [-0.39, 0.29) is 5.91 Å². The minimum Gasteiger partial charge on any atom is -0.351 e. The molecule has 1 N–H and O–H groups in total. The van der Waals surface area contributed by atoms with Gasteiger partial charge in [0.15, 0.2) is 4.34 Å². The van der Waals surface area contributed by atoms with Crippen LogP contribution < -0.4 is 5.32 Å². The number of para-hydroxylation sites is 1. The highest BCUT2D eigenvalue weighted by molar-refractivity contribution is 8.01. The summed E-state index contributed by atoms with van der Waals surface area (Å²) >= 11 is 9.21. The number of nitrogens with zero attached hydrogens (tertiary/aromatic N) is 1. The molecule has 0 aliphatic heterocycles. The number of thiazole rings is 1. The first kappa shape index (κ1) is 15.3. The van der Waals surface area contributed by atoms with Crippen molar-refractivity contribution in [3.05, 3.63) is 59.1 Å². The van der Waals surface area contributed by atoms with Gasteiger partial charge in [-0.1, -0.05) is 41.6 Å². The van der Waals surface area contributed by atoms with E-state index in [2.05, 4.69) is 16.4 Å². The van der Waals surface area contributed by atoms with Gasteiger partial charge in [0, 0.05) is 22.9 Å². The lowest BCUT2D eigenvalue weighted by atomic mass is 10.2. The molecule has 0 saturated heterocycles. The monoisotopic (exact) mass is 348 g/mol. The maximum atomic E-state index is 12.0. The average molecular weight is 349 g/mol. The highest BCUT2D eigenvalue weighted by Gasteiger charge is 2.06. The van der Waals surface area contributed by atoms with Crippen LogP contribution in [0.25, 0.3) is 10.2 Å². The Kier molecular flexibility index (Phi) is 4.97. The minimum absolute atomic E-state index is 0.104. The third kappa shape index (κ3) is 3.80. The first-order valence-corrected chi connectivity index (χ1v) is 8.92. The van der Waals surface area contributed by atoms with E-state index in [0.29, 0.717) is 17.1 Å². The zero-order chi connectivity index (χ0) is 15.4. The van der Waals surface area contributed by atoms with Crippen LogP contribution >= 0.6 is 34.7 Å². The fourth-order valence-corrected chi connectivity index (χ4v) is 4.13. The predicted molar refractivity (Wildman–Crippen MR) is 94.1 cm³/mol. The maximum absolute atomic E-state index is 12.0. The van der Waals surface area contributed by atoms with Gasteiger partial charge in [-0.15, -0.1) is 11.3 Å². The summed E-state index contributed by atoms with van der Waals surface area (Å²) in [5.74, 6) is 0.680. The highest BCUT2D eigenvalue weighted by Crippen LogP contribution is 2.28. The number of carbonyl (C=O) groups excluding carboxylic acids is 1. The molecule has 0 unspecified atom stereocenters. The number of carbonyl (C=O) groups is 1. The lowest BCUT2D eigenvalue weighted by Gasteiger charge is -2.04. The molecule has 0 spiro atoms. The SMILES string of the molecule is O=C(NCCSc1nc2ccccc2s1)c1cccc(Cl)c1. The zero-order valence-electron chi connectivity index (χ0n) is 11.6. The van der Waals surface area contributed by atoms with Crippen molar-refractivity contribution in [3.63, 3.8) is 0 Å². The van der Waals surface area contributed by atoms with Crippen molar-refractivity contribution in [1.29, 1.82) is 0 Å². The second kappa shape index (κ2) is 7.13. The fourth-order valence-electron chi connectivity index (χ4n) is 1.95. The first-order valence-electron chi connectivity index (χ1n) is 6.74. The summed E-state index contributed by atoms with van der Waals surface area (Å²) in [4.78, 5) is 16.5. The third-order valence-corrected chi connectivity index (χ3v) is 5.39. The number of halogens is 1. The van der Waals surface area contributed by atoms with Gasteiger partial charge in [0.05, 0.1) is 10.2 Å². The Balaban J connectivity index is 1.50. The van der Waals surface area contributed by atoms with Crippen LogP contribution in [0.3, 0.4) is 0 Å². The van der Waals surface area contributed by atoms with Crippen LogP contribution in [0.4, 0.5) is 0 Å². The number of nitrogens with one attached hydrogen (secondary N) is 1. The van der Waals surface area contributed by atoms with Gasteiger partial charge in [0.2, 0.25) is 0 Å². The Morgan fingerprint density at radius 1 is 1.23 bits per heavy atom. The molecule has 22 heavy (non-hydrogen) atoms. The quantitative estimate of drug-likeness (QED) is 0.546. The lowest BCUT2D eigenvalue weighted by molar-refractivity contribution is 0.0956. The summed E-state index contributed by atoms with van der Waals surface area (Å²) in [6.45, 7) is 0.589. The normalized spacial score (nSPS) is 10.8. The number of fused-ring (bicyclic) bond motifs is 1. The molecule has 3 nitrogen and oxygen atoms in total. The van der Waals surface area contributed by atoms with Gasteiger partial charge >= 0.3 is 0 Å². The number of hydrogen-bond acceptors (Lipinski definition) is 4. The number of rotatable bonds is 5.